The lowest BCUT2D eigenvalue weighted by molar-refractivity contribution is -0.384. The van der Waals surface area contributed by atoms with Crippen LogP contribution in [0.4, 0.5) is 11.4 Å². The molecule has 1 aromatic carbocycles. The largest absolute Gasteiger partial charge is 0.387 e. The molecular formula is C13H19N3O4S. The second kappa shape index (κ2) is 5.61. The van der Waals surface area contributed by atoms with Gasteiger partial charge in [-0.1, -0.05) is 13.8 Å². The molecule has 1 aliphatic rings. The van der Waals surface area contributed by atoms with Crippen LogP contribution in [0.2, 0.25) is 0 Å². The molecule has 2 unspecified atom stereocenters. The van der Waals surface area contributed by atoms with Gasteiger partial charge in [0.1, 0.15) is 4.90 Å². The molecule has 1 aromatic rings. The Bertz CT molecular complexity index is 649. The van der Waals surface area contributed by atoms with Gasteiger partial charge in [0, 0.05) is 32.3 Å². The maximum absolute atomic E-state index is 12.7. The summed E-state index contributed by atoms with van der Waals surface area (Å²) < 4.78 is 26.9. The molecule has 7 nitrogen and oxygen atoms in total. The molecule has 2 atom stereocenters. The van der Waals surface area contributed by atoms with Crippen LogP contribution in [0, 0.1) is 22.0 Å². The van der Waals surface area contributed by atoms with Gasteiger partial charge in [0.05, 0.1) is 10.6 Å². The Balaban J connectivity index is 2.43. The standard InChI is InChI=1S/C13H19N3O4S/c1-9-7-15(8-10(9)2)21(19,20)13-5-4-11(16(17)18)6-12(13)14-3/h4-6,9-10,14H,7-8H2,1-3H3. The van der Waals surface area contributed by atoms with Crippen molar-refractivity contribution in [2.75, 3.05) is 25.5 Å². The number of nitrogens with one attached hydrogen (secondary N) is 1. The zero-order chi connectivity index (χ0) is 15.8. The van der Waals surface area contributed by atoms with Gasteiger partial charge < -0.3 is 5.32 Å². The Morgan fingerprint density at radius 3 is 2.33 bits per heavy atom. The maximum atomic E-state index is 12.7. The van der Waals surface area contributed by atoms with Gasteiger partial charge in [-0.15, -0.1) is 0 Å². The van der Waals surface area contributed by atoms with Crippen LogP contribution in [0.25, 0.3) is 0 Å². The fraction of sp³-hybridized carbons (Fsp3) is 0.538. The van der Waals surface area contributed by atoms with E-state index in [0.29, 0.717) is 24.9 Å². The second-order valence-corrected chi connectivity index (χ2v) is 7.37. The van der Waals surface area contributed by atoms with Crippen molar-refractivity contribution in [3.8, 4) is 0 Å². The number of rotatable bonds is 4. The molecule has 0 radical (unpaired) electrons. The summed E-state index contributed by atoms with van der Waals surface area (Å²) in [5, 5.41) is 13.5. The van der Waals surface area contributed by atoms with Crippen molar-refractivity contribution in [2.45, 2.75) is 18.7 Å². The molecule has 0 amide bonds. The molecule has 1 saturated heterocycles. The van der Waals surface area contributed by atoms with Crippen LogP contribution in [-0.4, -0.2) is 37.8 Å². The molecule has 8 heteroatoms. The van der Waals surface area contributed by atoms with Crippen LogP contribution in [0.5, 0.6) is 0 Å². The Kier molecular flexibility index (Phi) is 4.20. The van der Waals surface area contributed by atoms with E-state index in [0.717, 1.165) is 0 Å². The Labute approximate surface area is 124 Å². The Morgan fingerprint density at radius 1 is 1.29 bits per heavy atom. The summed E-state index contributed by atoms with van der Waals surface area (Å²) in [5.74, 6) is 0.603. The molecule has 0 spiro atoms. The SMILES string of the molecule is CNc1cc([N+](=O)[O-])ccc1S(=O)(=O)N1CC(C)C(C)C1. The van der Waals surface area contributed by atoms with Gasteiger partial charge in [0.15, 0.2) is 0 Å². The third-order valence-corrected chi connectivity index (χ3v) is 5.91. The highest BCUT2D eigenvalue weighted by molar-refractivity contribution is 7.89. The van der Waals surface area contributed by atoms with Crippen LogP contribution >= 0.6 is 0 Å². The summed E-state index contributed by atoms with van der Waals surface area (Å²) in [6.45, 7) is 5.00. The lowest BCUT2D eigenvalue weighted by Crippen LogP contribution is -2.29. The summed E-state index contributed by atoms with van der Waals surface area (Å²) in [7, 11) is -2.09. The number of nitro groups is 1. The number of non-ortho nitro benzene ring substituents is 1. The molecule has 1 fully saturated rings. The lowest BCUT2D eigenvalue weighted by atomic mass is 10.0. The van der Waals surface area contributed by atoms with Crippen LogP contribution in [0.15, 0.2) is 23.1 Å². The van der Waals surface area contributed by atoms with Crippen molar-refractivity contribution in [1.82, 2.24) is 4.31 Å². The van der Waals surface area contributed by atoms with Crippen molar-refractivity contribution in [3.05, 3.63) is 28.3 Å². The molecular weight excluding hydrogens is 294 g/mol. The highest BCUT2D eigenvalue weighted by Gasteiger charge is 2.36. The highest BCUT2D eigenvalue weighted by Crippen LogP contribution is 2.32. The average Bonchev–Trinajstić information content (AvgIpc) is 2.78. The van der Waals surface area contributed by atoms with Gasteiger partial charge in [-0.3, -0.25) is 10.1 Å². The van der Waals surface area contributed by atoms with Gasteiger partial charge in [-0.05, 0) is 17.9 Å². The number of nitrogens with zero attached hydrogens (tertiary/aromatic N) is 2. The molecule has 0 aliphatic carbocycles. The molecule has 1 aliphatic heterocycles. The first-order chi connectivity index (χ1) is 9.77. The number of anilines is 1. The number of benzene rings is 1. The topological polar surface area (TPSA) is 92.5 Å². The zero-order valence-corrected chi connectivity index (χ0v) is 13.1. The lowest BCUT2D eigenvalue weighted by Gasteiger charge is -2.18. The highest BCUT2D eigenvalue weighted by atomic mass is 32.2. The van der Waals surface area contributed by atoms with E-state index < -0.39 is 14.9 Å². The minimum absolute atomic E-state index is 0.0805. The molecule has 1 heterocycles. The number of sulfonamides is 1. The van der Waals surface area contributed by atoms with Crippen molar-refractivity contribution in [2.24, 2.45) is 11.8 Å². The molecule has 0 bridgehead atoms. The second-order valence-electron chi connectivity index (χ2n) is 5.46. The first kappa shape index (κ1) is 15.7. The van der Waals surface area contributed by atoms with Gasteiger partial charge in [0.2, 0.25) is 10.0 Å². The summed E-state index contributed by atoms with van der Waals surface area (Å²) in [4.78, 5) is 10.3. The van der Waals surface area contributed by atoms with Crippen molar-refractivity contribution in [3.63, 3.8) is 0 Å². The van der Waals surface area contributed by atoms with Crippen molar-refractivity contribution in [1.29, 1.82) is 0 Å². The summed E-state index contributed by atoms with van der Waals surface area (Å²) in [6, 6.07) is 3.76. The minimum Gasteiger partial charge on any atom is -0.387 e. The molecule has 116 valence electrons. The summed E-state index contributed by atoms with van der Waals surface area (Å²) in [6.07, 6.45) is 0. The Morgan fingerprint density at radius 2 is 1.86 bits per heavy atom. The molecule has 0 aromatic heterocycles. The molecule has 1 N–H and O–H groups in total. The van der Waals surface area contributed by atoms with E-state index in [4.69, 9.17) is 0 Å². The number of nitro benzene ring substituents is 1. The first-order valence-corrected chi connectivity index (χ1v) is 8.17. The van der Waals surface area contributed by atoms with Gasteiger partial charge in [-0.2, -0.15) is 4.31 Å². The summed E-state index contributed by atoms with van der Waals surface area (Å²) >= 11 is 0. The molecule has 2 rings (SSSR count). The van der Waals surface area contributed by atoms with E-state index in [-0.39, 0.29) is 16.3 Å². The monoisotopic (exact) mass is 313 g/mol. The van der Waals surface area contributed by atoms with E-state index in [9.17, 15) is 18.5 Å². The number of hydrogen-bond acceptors (Lipinski definition) is 5. The maximum Gasteiger partial charge on any atom is 0.271 e. The third kappa shape index (κ3) is 2.86. The average molecular weight is 313 g/mol. The molecule has 0 saturated carbocycles. The van der Waals surface area contributed by atoms with E-state index in [2.05, 4.69) is 5.32 Å². The fourth-order valence-corrected chi connectivity index (χ4v) is 4.28. The van der Waals surface area contributed by atoms with E-state index in [1.807, 2.05) is 13.8 Å². The van der Waals surface area contributed by atoms with E-state index in [1.54, 1.807) is 7.05 Å². The number of hydrogen-bond donors (Lipinski definition) is 1. The minimum atomic E-state index is -3.64. The van der Waals surface area contributed by atoms with Gasteiger partial charge in [-0.25, -0.2) is 8.42 Å². The zero-order valence-electron chi connectivity index (χ0n) is 12.2. The van der Waals surface area contributed by atoms with Crippen LogP contribution in [0.1, 0.15) is 13.8 Å². The normalized spacial score (nSPS) is 23.2. The molecule has 21 heavy (non-hydrogen) atoms. The van der Waals surface area contributed by atoms with E-state index >= 15 is 0 Å². The predicted octanol–water partition coefficient (Wildman–Crippen LogP) is 1.91. The third-order valence-electron chi connectivity index (χ3n) is 4.02. The fourth-order valence-electron chi connectivity index (χ4n) is 2.46. The quantitative estimate of drug-likeness (QED) is 0.677. The van der Waals surface area contributed by atoms with Crippen molar-refractivity contribution >= 4 is 21.4 Å². The van der Waals surface area contributed by atoms with E-state index in [1.165, 1.54) is 22.5 Å². The first-order valence-electron chi connectivity index (χ1n) is 6.73. The smallest absolute Gasteiger partial charge is 0.271 e. The predicted molar refractivity (Wildman–Crippen MR) is 79.7 cm³/mol. The van der Waals surface area contributed by atoms with Crippen molar-refractivity contribution < 1.29 is 13.3 Å². The van der Waals surface area contributed by atoms with Crippen LogP contribution in [0.3, 0.4) is 0 Å². The van der Waals surface area contributed by atoms with Crippen LogP contribution in [-0.2, 0) is 10.0 Å². The summed E-state index contributed by atoms with van der Waals surface area (Å²) in [5.41, 5.74) is 0.109. The van der Waals surface area contributed by atoms with Gasteiger partial charge in [0.25, 0.3) is 5.69 Å². The Hall–Kier alpha value is -1.67. The van der Waals surface area contributed by atoms with Crippen LogP contribution < -0.4 is 5.32 Å². The van der Waals surface area contributed by atoms with Gasteiger partial charge >= 0.3 is 0 Å².